The molecule has 1 atom stereocenters. The first kappa shape index (κ1) is 13.5. The highest BCUT2D eigenvalue weighted by Gasteiger charge is 2.38. The zero-order valence-electron chi connectivity index (χ0n) is 10.6. The van der Waals surface area contributed by atoms with Crippen LogP contribution in [0.3, 0.4) is 0 Å². The molecule has 1 unspecified atom stereocenters. The van der Waals surface area contributed by atoms with Gasteiger partial charge in [-0.05, 0) is 37.9 Å². The molecule has 1 aliphatic carbocycles. The maximum atomic E-state index is 12.0. The number of carbonyl (C=O) groups excluding carboxylic acids is 1. The van der Waals surface area contributed by atoms with Crippen molar-refractivity contribution in [2.24, 2.45) is 5.92 Å². The highest BCUT2D eigenvalue weighted by molar-refractivity contribution is 7.99. The zero-order chi connectivity index (χ0) is 13.1. The molecule has 1 heterocycles. The average molecular weight is 272 g/mol. The third-order valence-corrected chi connectivity index (χ3v) is 4.84. The molecule has 0 spiro atoms. The zero-order valence-corrected chi connectivity index (χ0v) is 11.4. The van der Waals surface area contributed by atoms with Crippen LogP contribution in [0.1, 0.15) is 25.7 Å². The number of rotatable bonds is 4. The summed E-state index contributed by atoms with van der Waals surface area (Å²) < 4.78 is 0. The number of amides is 2. The van der Waals surface area contributed by atoms with E-state index in [0.29, 0.717) is 5.25 Å². The lowest BCUT2D eigenvalue weighted by atomic mass is 10.1. The maximum absolute atomic E-state index is 12.0. The number of thioether (sulfide) groups is 1. The van der Waals surface area contributed by atoms with Crippen molar-refractivity contribution in [1.82, 2.24) is 10.2 Å². The Balaban J connectivity index is 1.82. The lowest BCUT2D eigenvalue weighted by Gasteiger charge is -2.32. The van der Waals surface area contributed by atoms with E-state index < -0.39 is 12.0 Å². The van der Waals surface area contributed by atoms with E-state index in [1.165, 1.54) is 0 Å². The minimum absolute atomic E-state index is 0.134. The summed E-state index contributed by atoms with van der Waals surface area (Å²) in [6.07, 6.45) is 5.90. The molecule has 1 saturated heterocycles. The Bertz CT molecular complexity index is 325. The normalized spacial score (nSPS) is 22.6. The summed E-state index contributed by atoms with van der Waals surface area (Å²) in [5, 5.41) is 12.4. The van der Waals surface area contributed by atoms with Crippen LogP contribution < -0.4 is 5.32 Å². The standard InChI is InChI=1S/C12H20N2O3S/c1-18-9-4-6-14(7-5-9)12(17)13-10(11(15)16)8-2-3-8/h8-10H,2-7H2,1H3,(H,13,17)(H,15,16). The van der Waals surface area contributed by atoms with Gasteiger partial charge in [0.15, 0.2) is 0 Å². The second kappa shape index (κ2) is 5.82. The predicted molar refractivity (Wildman–Crippen MR) is 70.8 cm³/mol. The van der Waals surface area contributed by atoms with Gasteiger partial charge in [0.05, 0.1) is 0 Å². The Morgan fingerprint density at radius 3 is 2.33 bits per heavy atom. The van der Waals surface area contributed by atoms with Gasteiger partial charge in [-0.3, -0.25) is 0 Å². The van der Waals surface area contributed by atoms with E-state index >= 15 is 0 Å². The summed E-state index contributed by atoms with van der Waals surface area (Å²) in [4.78, 5) is 24.8. The second-order valence-electron chi connectivity index (χ2n) is 5.02. The molecule has 2 rings (SSSR count). The van der Waals surface area contributed by atoms with Crippen molar-refractivity contribution in [3.05, 3.63) is 0 Å². The molecule has 0 aromatic heterocycles. The third kappa shape index (κ3) is 3.31. The molecule has 1 aliphatic heterocycles. The number of hydrogen-bond donors (Lipinski definition) is 2. The molecule has 102 valence electrons. The SMILES string of the molecule is CSC1CCN(C(=O)NC(C(=O)O)C2CC2)CC1. The highest BCUT2D eigenvalue weighted by Crippen LogP contribution is 2.33. The fraction of sp³-hybridized carbons (Fsp3) is 0.833. The lowest BCUT2D eigenvalue weighted by molar-refractivity contribution is -0.139. The minimum Gasteiger partial charge on any atom is -0.480 e. The number of hydrogen-bond acceptors (Lipinski definition) is 3. The molecule has 2 aliphatic rings. The fourth-order valence-corrected chi connectivity index (χ4v) is 3.01. The summed E-state index contributed by atoms with van der Waals surface area (Å²) >= 11 is 1.84. The molecule has 0 radical (unpaired) electrons. The molecule has 5 nitrogen and oxygen atoms in total. The summed E-state index contributed by atoms with van der Waals surface area (Å²) in [6, 6.07) is -0.912. The van der Waals surface area contributed by atoms with Gasteiger partial charge in [0.2, 0.25) is 0 Å². The first-order valence-corrected chi connectivity index (χ1v) is 7.71. The molecule has 0 bridgehead atoms. The number of carboxylic acid groups (broad SMARTS) is 1. The van der Waals surface area contributed by atoms with Crippen molar-refractivity contribution in [2.45, 2.75) is 37.0 Å². The summed E-state index contributed by atoms with van der Waals surface area (Å²) in [5.74, 6) is -0.778. The fourth-order valence-electron chi connectivity index (χ4n) is 2.33. The molecule has 0 aromatic rings. The van der Waals surface area contributed by atoms with E-state index in [1.807, 2.05) is 11.8 Å². The summed E-state index contributed by atoms with van der Waals surface area (Å²) in [7, 11) is 0. The van der Waals surface area contributed by atoms with Gasteiger partial charge in [-0.25, -0.2) is 9.59 Å². The molecule has 18 heavy (non-hydrogen) atoms. The largest absolute Gasteiger partial charge is 0.480 e. The number of likely N-dealkylation sites (tertiary alicyclic amines) is 1. The van der Waals surface area contributed by atoms with Crippen LogP contribution in [0, 0.1) is 5.92 Å². The van der Waals surface area contributed by atoms with E-state index in [1.54, 1.807) is 4.90 Å². The van der Waals surface area contributed by atoms with Gasteiger partial charge in [-0.1, -0.05) is 0 Å². The van der Waals surface area contributed by atoms with Gasteiger partial charge in [-0.15, -0.1) is 0 Å². The summed E-state index contributed by atoms with van der Waals surface area (Å²) in [5.41, 5.74) is 0. The van der Waals surface area contributed by atoms with Crippen LogP contribution in [0.2, 0.25) is 0 Å². The minimum atomic E-state index is -0.912. The number of urea groups is 1. The molecule has 6 heteroatoms. The maximum Gasteiger partial charge on any atom is 0.326 e. The Kier molecular flexibility index (Phi) is 4.37. The summed E-state index contributed by atoms with van der Waals surface area (Å²) in [6.45, 7) is 1.46. The molecule has 2 fully saturated rings. The molecule has 0 aromatic carbocycles. The van der Waals surface area contributed by atoms with E-state index in [9.17, 15) is 9.59 Å². The van der Waals surface area contributed by atoms with E-state index in [-0.39, 0.29) is 11.9 Å². The van der Waals surface area contributed by atoms with E-state index in [2.05, 4.69) is 11.6 Å². The van der Waals surface area contributed by atoms with Crippen LogP contribution in [0.4, 0.5) is 4.79 Å². The van der Waals surface area contributed by atoms with Crippen LogP contribution in [0.25, 0.3) is 0 Å². The number of aliphatic carboxylic acids is 1. The number of carboxylic acids is 1. The highest BCUT2D eigenvalue weighted by atomic mass is 32.2. The lowest BCUT2D eigenvalue weighted by Crippen LogP contribution is -2.51. The van der Waals surface area contributed by atoms with Crippen molar-refractivity contribution in [3.8, 4) is 0 Å². The predicted octanol–water partition coefficient (Wildman–Crippen LogP) is 1.39. The Morgan fingerprint density at radius 2 is 1.89 bits per heavy atom. The van der Waals surface area contributed by atoms with Gasteiger partial charge >= 0.3 is 12.0 Å². The van der Waals surface area contributed by atoms with Crippen molar-refractivity contribution in [3.63, 3.8) is 0 Å². The topological polar surface area (TPSA) is 69.6 Å². The van der Waals surface area contributed by atoms with E-state index in [0.717, 1.165) is 38.8 Å². The smallest absolute Gasteiger partial charge is 0.326 e. The van der Waals surface area contributed by atoms with Crippen molar-refractivity contribution >= 4 is 23.8 Å². The molecular weight excluding hydrogens is 252 g/mol. The molecule has 2 amide bonds. The number of carbonyl (C=O) groups is 2. The van der Waals surface area contributed by atoms with Crippen molar-refractivity contribution in [2.75, 3.05) is 19.3 Å². The molecular formula is C12H20N2O3S. The van der Waals surface area contributed by atoms with Crippen LogP contribution in [-0.4, -0.2) is 52.6 Å². The second-order valence-corrected chi connectivity index (χ2v) is 6.16. The van der Waals surface area contributed by atoms with Crippen LogP contribution in [-0.2, 0) is 4.79 Å². The van der Waals surface area contributed by atoms with Crippen LogP contribution in [0.15, 0.2) is 0 Å². The van der Waals surface area contributed by atoms with Crippen LogP contribution >= 0.6 is 11.8 Å². The van der Waals surface area contributed by atoms with E-state index in [4.69, 9.17) is 5.11 Å². The van der Waals surface area contributed by atoms with Gasteiger partial charge in [0.1, 0.15) is 6.04 Å². The first-order chi connectivity index (χ1) is 8.61. The first-order valence-electron chi connectivity index (χ1n) is 6.43. The average Bonchev–Trinajstić information content (AvgIpc) is 3.19. The van der Waals surface area contributed by atoms with Gasteiger partial charge in [-0.2, -0.15) is 11.8 Å². The van der Waals surface area contributed by atoms with Gasteiger partial charge in [0.25, 0.3) is 0 Å². The monoisotopic (exact) mass is 272 g/mol. The Hall–Kier alpha value is -0.910. The number of piperidine rings is 1. The molecule has 2 N–H and O–H groups in total. The van der Waals surface area contributed by atoms with Crippen molar-refractivity contribution in [1.29, 1.82) is 0 Å². The van der Waals surface area contributed by atoms with Gasteiger partial charge < -0.3 is 15.3 Å². The third-order valence-electron chi connectivity index (χ3n) is 3.70. The Labute approximate surface area is 111 Å². The molecule has 1 saturated carbocycles. The van der Waals surface area contributed by atoms with Crippen LogP contribution in [0.5, 0.6) is 0 Å². The number of nitrogens with one attached hydrogen (secondary N) is 1. The van der Waals surface area contributed by atoms with Crippen molar-refractivity contribution < 1.29 is 14.7 Å². The Morgan fingerprint density at radius 1 is 1.28 bits per heavy atom. The quantitative estimate of drug-likeness (QED) is 0.811. The number of nitrogens with zero attached hydrogens (tertiary/aromatic N) is 1. The van der Waals surface area contributed by atoms with Gasteiger partial charge in [0, 0.05) is 18.3 Å².